The van der Waals surface area contributed by atoms with E-state index in [0.29, 0.717) is 12.2 Å². The van der Waals surface area contributed by atoms with Crippen LogP contribution >= 0.6 is 0 Å². The summed E-state index contributed by atoms with van der Waals surface area (Å²) < 4.78 is 0. The normalized spacial score (nSPS) is 22.7. The first kappa shape index (κ1) is 15.1. The molecule has 2 aliphatic carbocycles. The number of aliphatic hydroxyl groups excluding tert-OH is 1. The van der Waals surface area contributed by atoms with Gasteiger partial charge in [0, 0.05) is 12.0 Å². The zero-order chi connectivity index (χ0) is 16.7. The van der Waals surface area contributed by atoms with E-state index >= 15 is 0 Å². The van der Waals surface area contributed by atoms with Crippen molar-refractivity contribution < 1.29 is 9.90 Å². The first-order chi connectivity index (χ1) is 11.6. The van der Waals surface area contributed by atoms with Crippen molar-refractivity contribution in [3.63, 3.8) is 0 Å². The second-order valence-electron chi connectivity index (χ2n) is 6.55. The third-order valence-electron chi connectivity index (χ3n) is 4.73. The lowest BCUT2D eigenvalue weighted by atomic mass is 9.85. The Morgan fingerprint density at radius 2 is 2.04 bits per heavy atom. The molecule has 4 rings (SSSR count). The molecule has 0 spiro atoms. The average Bonchev–Trinajstić information content (AvgIpc) is 3.42. The number of nitrogens with zero attached hydrogens (tertiary/aromatic N) is 1. The Morgan fingerprint density at radius 3 is 2.83 bits per heavy atom. The molecule has 1 aromatic carbocycles. The van der Waals surface area contributed by atoms with Crippen LogP contribution in [-0.4, -0.2) is 27.1 Å². The van der Waals surface area contributed by atoms with Crippen LogP contribution in [0, 0.1) is 0 Å². The largest absolute Gasteiger partial charge is 0.391 e. The third kappa shape index (κ3) is 2.85. The summed E-state index contributed by atoms with van der Waals surface area (Å²) in [5.41, 5.74) is 1.85. The second kappa shape index (κ2) is 5.87. The molecule has 0 aliphatic heterocycles. The molecular formula is C18H19N3O3. The van der Waals surface area contributed by atoms with Crippen molar-refractivity contribution in [2.45, 2.75) is 43.7 Å². The van der Waals surface area contributed by atoms with Crippen LogP contribution in [0.4, 0.5) is 0 Å². The maximum absolute atomic E-state index is 12.6. The Morgan fingerprint density at radius 1 is 1.25 bits per heavy atom. The SMILES string of the molecule is O=C(N[C@H]1c2ccccc2CC[C@H]1O)c1cc(=O)[nH]c(C2CC2)n1. The Hall–Kier alpha value is -2.47. The van der Waals surface area contributed by atoms with Gasteiger partial charge in [-0.25, -0.2) is 4.98 Å². The Bertz CT molecular complexity index is 841. The van der Waals surface area contributed by atoms with Crippen molar-refractivity contribution in [3.8, 4) is 0 Å². The molecule has 2 aromatic rings. The number of carbonyl (C=O) groups is 1. The number of aryl methyl sites for hydroxylation is 1. The average molecular weight is 325 g/mol. The first-order valence-corrected chi connectivity index (χ1v) is 8.30. The number of aromatic amines is 1. The van der Waals surface area contributed by atoms with E-state index in [-0.39, 0.29) is 17.2 Å². The number of aromatic nitrogens is 2. The van der Waals surface area contributed by atoms with Crippen LogP contribution in [-0.2, 0) is 6.42 Å². The van der Waals surface area contributed by atoms with Crippen LogP contribution in [0.15, 0.2) is 35.1 Å². The van der Waals surface area contributed by atoms with Crippen molar-refractivity contribution in [2.24, 2.45) is 0 Å². The fourth-order valence-electron chi connectivity index (χ4n) is 3.27. The van der Waals surface area contributed by atoms with Gasteiger partial charge >= 0.3 is 0 Å². The lowest BCUT2D eigenvalue weighted by molar-refractivity contribution is 0.0787. The molecule has 2 atom stereocenters. The van der Waals surface area contributed by atoms with Gasteiger partial charge in [-0.1, -0.05) is 24.3 Å². The quantitative estimate of drug-likeness (QED) is 0.795. The molecule has 1 saturated carbocycles. The van der Waals surface area contributed by atoms with Gasteiger partial charge in [-0.15, -0.1) is 0 Å². The lowest BCUT2D eigenvalue weighted by Crippen LogP contribution is -2.40. The highest BCUT2D eigenvalue weighted by atomic mass is 16.3. The molecule has 1 fully saturated rings. The highest BCUT2D eigenvalue weighted by molar-refractivity contribution is 5.92. The summed E-state index contributed by atoms with van der Waals surface area (Å²) in [6.07, 6.45) is 2.72. The van der Waals surface area contributed by atoms with E-state index in [0.717, 1.165) is 30.4 Å². The van der Waals surface area contributed by atoms with Gasteiger partial charge in [0.1, 0.15) is 11.5 Å². The maximum atomic E-state index is 12.6. The summed E-state index contributed by atoms with van der Waals surface area (Å²) in [5.74, 6) is 0.410. The Kier molecular flexibility index (Phi) is 3.69. The molecule has 1 aromatic heterocycles. The zero-order valence-electron chi connectivity index (χ0n) is 13.2. The summed E-state index contributed by atoms with van der Waals surface area (Å²) >= 11 is 0. The van der Waals surface area contributed by atoms with Crippen LogP contribution in [0.25, 0.3) is 0 Å². The molecule has 3 N–H and O–H groups in total. The molecule has 0 bridgehead atoms. The highest BCUT2D eigenvalue weighted by Gasteiger charge is 2.31. The minimum atomic E-state index is -0.645. The summed E-state index contributed by atoms with van der Waals surface area (Å²) in [5, 5.41) is 13.2. The minimum Gasteiger partial charge on any atom is -0.391 e. The van der Waals surface area contributed by atoms with Crippen molar-refractivity contribution in [2.75, 3.05) is 0 Å². The summed E-state index contributed by atoms with van der Waals surface area (Å²) in [6.45, 7) is 0. The zero-order valence-corrected chi connectivity index (χ0v) is 13.2. The monoisotopic (exact) mass is 325 g/mol. The molecule has 0 saturated heterocycles. The number of carbonyl (C=O) groups excluding carboxylic acids is 1. The van der Waals surface area contributed by atoms with Crippen molar-refractivity contribution >= 4 is 5.91 Å². The van der Waals surface area contributed by atoms with Crippen molar-refractivity contribution in [1.82, 2.24) is 15.3 Å². The molecule has 1 heterocycles. The Labute approximate surface area is 139 Å². The fraction of sp³-hybridized carbons (Fsp3) is 0.389. The van der Waals surface area contributed by atoms with Gasteiger partial charge in [-0.05, 0) is 36.8 Å². The number of H-pyrrole nitrogens is 1. The van der Waals surface area contributed by atoms with Gasteiger partial charge in [0.2, 0.25) is 0 Å². The molecule has 6 heteroatoms. The summed E-state index contributed by atoms with van der Waals surface area (Å²) in [7, 11) is 0. The predicted octanol–water partition coefficient (Wildman–Crippen LogP) is 1.43. The number of nitrogens with one attached hydrogen (secondary N) is 2. The van der Waals surface area contributed by atoms with E-state index < -0.39 is 18.1 Å². The highest BCUT2D eigenvalue weighted by Crippen LogP contribution is 2.37. The lowest BCUT2D eigenvalue weighted by Gasteiger charge is -2.30. The van der Waals surface area contributed by atoms with Gasteiger partial charge in [0.15, 0.2) is 0 Å². The number of benzene rings is 1. The third-order valence-corrected chi connectivity index (χ3v) is 4.73. The van der Waals surface area contributed by atoms with Crippen LogP contribution in [0.5, 0.6) is 0 Å². The van der Waals surface area contributed by atoms with E-state index in [1.807, 2.05) is 24.3 Å². The number of aliphatic hydroxyl groups is 1. The number of hydrogen-bond acceptors (Lipinski definition) is 4. The van der Waals surface area contributed by atoms with E-state index in [9.17, 15) is 14.7 Å². The van der Waals surface area contributed by atoms with Gasteiger partial charge < -0.3 is 15.4 Å². The Balaban J connectivity index is 1.61. The van der Waals surface area contributed by atoms with E-state index in [2.05, 4.69) is 15.3 Å². The van der Waals surface area contributed by atoms with E-state index in [4.69, 9.17) is 0 Å². The summed E-state index contributed by atoms with van der Waals surface area (Å²) in [4.78, 5) is 31.3. The number of fused-ring (bicyclic) bond motifs is 1. The van der Waals surface area contributed by atoms with Gasteiger partial charge in [0.05, 0.1) is 12.1 Å². The van der Waals surface area contributed by atoms with Crippen LogP contribution in [0.1, 0.15) is 58.7 Å². The topological polar surface area (TPSA) is 95.1 Å². The van der Waals surface area contributed by atoms with Crippen LogP contribution in [0.2, 0.25) is 0 Å². The molecule has 1 amide bonds. The molecule has 2 aliphatic rings. The van der Waals surface area contributed by atoms with Gasteiger partial charge in [-0.3, -0.25) is 9.59 Å². The fourth-order valence-corrected chi connectivity index (χ4v) is 3.27. The molecule has 0 radical (unpaired) electrons. The summed E-state index contributed by atoms with van der Waals surface area (Å²) in [6, 6.07) is 8.51. The molecule has 6 nitrogen and oxygen atoms in total. The van der Waals surface area contributed by atoms with Crippen molar-refractivity contribution in [1.29, 1.82) is 0 Å². The predicted molar refractivity (Wildman–Crippen MR) is 87.8 cm³/mol. The van der Waals surface area contributed by atoms with E-state index in [1.165, 1.54) is 6.07 Å². The van der Waals surface area contributed by atoms with Crippen molar-refractivity contribution in [3.05, 3.63) is 63.3 Å². The number of hydrogen-bond donors (Lipinski definition) is 3. The molecular weight excluding hydrogens is 306 g/mol. The van der Waals surface area contributed by atoms with Gasteiger partial charge in [-0.2, -0.15) is 0 Å². The minimum absolute atomic E-state index is 0.107. The van der Waals surface area contributed by atoms with Gasteiger partial charge in [0.25, 0.3) is 11.5 Å². The number of rotatable bonds is 3. The molecule has 124 valence electrons. The first-order valence-electron chi connectivity index (χ1n) is 8.30. The molecule has 24 heavy (non-hydrogen) atoms. The second-order valence-corrected chi connectivity index (χ2v) is 6.55. The maximum Gasteiger partial charge on any atom is 0.270 e. The smallest absolute Gasteiger partial charge is 0.270 e. The molecule has 0 unspecified atom stereocenters. The number of amides is 1. The van der Waals surface area contributed by atoms with Crippen LogP contribution < -0.4 is 10.9 Å². The van der Waals surface area contributed by atoms with E-state index in [1.54, 1.807) is 0 Å². The van der Waals surface area contributed by atoms with Crippen LogP contribution in [0.3, 0.4) is 0 Å². The standard InChI is InChI=1S/C18H19N3O3/c22-14-8-7-10-3-1-2-4-12(10)16(14)21-18(24)13-9-15(23)20-17(19-13)11-5-6-11/h1-4,9,11,14,16,22H,5-8H2,(H,21,24)(H,19,20,23)/t14-,16+/m1/s1.